The van der Waals surface area contributed by atoms with Gasteiger partial charge in [0.05, 0.1) is 23.5 Å². The van der Waals surface area contributed by atoms with Gasteiger partial charge >= 0.3 is 12.2 Å². The fourth-order valence-corrected chi connectivity index (χ4v) is 3.50. The van der Waals surface area contributed by atoms with Gasteiger partial charge in [0, 0.05) is 19.3 Å². The molecule has 1 heterocycles. The Hall–Kier alpha value is -3.72. The number of ketones is 1. The zero-order valence-electron chi connectivity index (χ0n) is 17.3. The van der Waals surface area contributed by atoms with Crippen LogP contribution in [0.1, 0.15) is 16.0 Å². The van der Waals surface area contributed by atoms with Crippen LogP contribution in [0.2, 0.25) is 0 Å². The Morgan fingerprint density at radius 3 is 1.97 bits per heavy atom. The summed E-state index contributed by atoms with van der Waals surface area (Å²) in [6.45, 7) is -0.304. The highest BCUT2D eigenvalue weighted by molar-refractivity contribution is 7.09. The molecular formula is C23H23N3O5S. The summed E-state index contributed by atoms with van der Waals surface area (Å²) in [5, 5.41) is 9.52. The lowest BCUT2D eigenvalue weighted by Crippen LogP contribution is -2.41. The van der Waals surface area contributed by atoms with Crippen LogP contribution in [-0.4, -0.2) is 50.9 Å². The van der Waals surface area contributed by atoms with Crippen molar-refractivity contribution in [3.05, 3.63) is 88.4 Å². The van der Waals surface area contributed by atoms with Gasteiger partial charge in [-0.3, -0.25) is 19.6 Å². The summed E-state index contributed by atoms with van der Waals surface area (Å²) in [6.07, 6.45) is -0.246. The quantitative estimate of drug-likeness (QED) is 0.497. The first-order valence-electron chi connectivity index (χ1n) is 9.87. The van der Waals surface area contributed by atoms with Gasteiger partial charge in [-0.25, -0.2) is 9.59 Å². The number of carbonyl (C=O) groups excluding carboxylic acids is 2. The van der Waals surface area contributed by atoms with E-state index in [1.807, 2.05) is 36.4 Å². The van der Waals surface area contributed by atoms with Gasteiger partial charge in [0.15, 0.2) is 5.78 Å². The number of nitrogens with zero attached hydrogens (tertiary/aromatic N) is 3. The fraction of sp³-hybridized carbons (Fsp3) is 0.217. The van der Waals surface area contributed by atoms with Gasteiger partial charge in [0.1, 0.15) is 6.61 Å². The van der Waals surface area contributed by atoms with Gasteiger partial charge in [-0.15, -0.1) is 11.3 Å². The van der Waals surface area contributed by atoms with Crippen molar-refractivity contribution in [3.8, 4) is 0 Å². The van der Waals surface area contributed by atoms with Crippen LogP contribution in [0.15, 0.2) is 72.4 Å². The number of hydrogen-bond acceptors (Lipinski definition) is 6. The molecule has 0 radical (unpaired) electrons. The standard InChI is InChI=1S/C23H23N3O5S/c27-20(14-25(22(28)29)12-18-7-3-1-4-8-18)15-26(13-19-9-5-2-6-10-19)23(30)31-16-21-11-24-17-32-21/h1-11,17H,12-16H2,(H,28,29). The van der Waals surface area contributed by atoms with Gasteiger partial charge in [0.25, 0.3) is 0 Å². The lowest BCUT2D eigenvalue weighted by atomic mass is 10.2. The number of benzene rings is 2. The van der Waals surface area contributed by atoms with E-state index in [0.29, 0.717) is 0 Å². The molecule has 0 aliphatic carbocycles. The monoisotopic (exact) mass is 453 g/mol. The normalized spacial score (nSPS) is 10.4. The molecule has 0 unspecified atom stereocenters. The molecule has 2 aromatic carbocycles. The first-order chi connectivity index (χ1) is 15.5. The number of thiazole rings is 1. The van der Waals surface area contributed by atoms with E-state index in [0.717, 1.165) is 20.9 Å². The SMILES string of the molecule is O=C(CN(Cc1ccccc1)C(=O)O)CN(Cc1ccccc1)C(=O)OCc1cncs1. The molecule has 0 bridgehead atoms. The van der Waals surface area contributed by atoms with Crippen molar-refractivity contribution in [2.24, 2.45) is 0 Å². The first kappa shape index (κ1) is 23.0. The van der Waals surface area contributed by atoms with E-state index in [9.17, 15) is 19.5 Å². The van der Waals surface area contributed by atoms with Gasteiger partial charge in [-0.1, -0.05) is 60.7 Å². The van der Waals surface area contributed by atoms with E-state index in [2.05, 4.69) is 4.98 Å². The van der Waals surface area contributed by atoms with Crippen molar-refractivity contribution in [1.29, 1.82) is 0 Å². The van der Waals surface area contributed by atoms with Gasteiger partial charge < -0.3 is 9.84 Å². The second-order valence-electron chi connectivity index (χ2n) is 7.03. The summed E-state index contributed by atoms with van der Waals surface area (Å²) < 4.78 is 5.35. The third kappa shape index (κ3) is 7.21. The molecule has 0 atom stereocenters. The van der Waals surface area contributed by atoms with Gasteiger partial charge in [0.2, 0.25) is 0 Å². The number of Topliss-reactive ketones (excluding diaryl/α,β-unsaturated/α-hetero) is 1. The van der Waals surface area contributed by atoms with Crippen LogP contribution in [0, 0.1) is 0 Å². The Balaban J connectivity index is 1.65. The molecule has 3 aromatic rings. The lowest BCUT2D eigenvalue weighted by Gasteiger charge is -2.24. The van der Waals surface area contributed by atoms with E-state index >= 15 is 0 Å². The highest BCUT2D eigenvalue weighted by Gasteiger charge is 2.23. The smallest absolute Gasteiger partial charge is 0.410 e. The van der Waals surface area contributed by atoms with Crippen LogP contribution in [0.3, 0.4) is 0 Å². The zero-order valence-corrected chi connectivity index (χ0v) is 18.1. The number of carboxylic acid groups (broad SMARTS) is 1. The minimum absolute atomic E-state index is 0.0538. The van der Waals surface area contributed by atoms with E-state index in [1.54, 1.807) is 36.0 Å². The molecule has 0 aliphatic heterocycles. The largest absolute Gasteiger partial charge is 0.465 e. The van der Waals surface area contributed by atoms with Gasteiger partial charge in [-0.05, 0) is 11.1 Å². The summed E-state index contributed by atoms with van der Waals surface area (Å²) in [4.78, 5) is 44.1. The maximum atomic E-state index is 12.7. The number of carbonyl (C=O) groups is 3. The van der Waals surface area contributed by atoms with Crippen molar-refractivity contribution >= 4 is 29.3 Å². The molecule has 0 fully saturated rings. The maximum Gasteiger partial charge on any atom is 0.410 e. The van der Waals surface area contributed by atoms with Gasteiger partial charge in [-0.2, -0.15) is 0 Å². The number of amides is 2. The van der Waals surface area contributed by atoms with E-state index in [4.69, 9.17) is 4.74 Å². The summed E-state index contributed by atoms with van der Waals surface area (Å²) in [7, 11) is 0. The van der Waals surface area contributed by atoms with Crippen LogP contribution in [-0.2, 0) is 29.2 Å². The second-order valence-corrected chi connectivity index (χ2v) is 8.00. The maximum absolute atomic E-state index is 12.7. The van der Waals surface area contributed by atoms with E-state index in [-0.39, 0.29) is 32.8 Å². The minimum atomic E-state index is -1.20. The minimum Gasteiger partial charge on any atom is -0.465 e. The van der Waals surface area contributed by atoms with Crippen LogP contribution in [0.25, 0.3) is 0 Å². The second kappa shape index (κ2) is 11.6. The van der Waals surface area contributed by atoms with Crippen LogP contribution >= 0.6 is 11.3 Å². The molecule has 1 N–H and O–H groups in total. The number of rotatable bonds is 10. The van der Waals surface area contributed by atoms with Crippen LogP contribution < -0.4 is 0 Å². The first-order valence-corrected chi connectivity index (χ1v) is 10.8. The van der Waals surface area contributed by atoms with E-state index in [1.165, 1.54) is 16.2 Å². The molecule has 166 valence electrons. The number of aromatic nitrogens is 1. The summed E-state index contributed by atoms with van der Waals surface area (Å²) in [5.74, 6) is -0.408. The molecule has 9 heteroatoms. The Bertz CT molecular complexity index is 1010. The average molecular weight is 454 g/mol. The van der Waals surface area contributed by atoms with Crippen molar-refractivity contribution in [2.45, 2.75) is 19.7 Å². The molecule has 0 saturated heterocycles. The number of ether oxygens (including phenoxy) is 1. The predicted octanol–water partition coefficient (Wildman–Crippen LogP) is 4.03. The van der Waals surface area contributed by atoms with Crippen molar-refractivity contribution < 1.29 is 24.2 Å². The topological polar surface area (TPSA) is 100 Å². The van der Waals surface area contributed by atoms with Crippen LogP contribution in [0.5, 0.6) is 0 Å². The highest BCUT2D eigenvalue weighted by atomic mass is 32.1. The van der Waals surface area contributed by atoms with E-state index < -0.39 is 18.0 Å². The predicted molar refractivity (Wildman–Crippen MR) is 119 cm³/mol. The molecule has 2 amide bonds. The molecule has 0 spiro atoms. The number of hydrogen-bond donors (Lipinski definition) is 1. The van der Waals surface area contributed by atoms with Crippen molar-refractivity contribution in [3.63, 3.8) is 0 Å². The highest BCUT2D eigenvalue weighted by Crippen LogP contribution is 2.12. The molecule has 3 rings (SSSR count). The van der Waals surface area contributed by atoms with Crippen molar-refractivity contribution in [2.75, 3.05) is 13.1 Å². The molecule has 0 saturated carbocycles. The molecule has 1 aromatic heterocycles. The molecule has 32 heavy (non-hydrogen) atoms. The van der Waals surface area contributed by atoms with Crippen LogP contribution in [0.4, 0.5) is 9.59 Å². The zero-order chi connectivity index (χ0) is 22.8. The summed E-state index contributed by atoms with van der Waals surface area (Å²) >= 11 is 1.36. The average Bonchev–Trinajstić information content (AvgIpc) is 3.31. The third-order valence-corrected chi connectivity index (χ3v) is 5.27. The Kier molecular flexibility index (Phi) is 8.33. The molecule has 8 nitrogen and oxygen atoms in total. The summed E-state index contributed by atoms with van der Waals surface area (Å²) in [6, 6.07) is 18.2. The van der Waals surface area contributed by atoms with Crippen molar-refractivity contribution in [1.82, 2.24) is 14.8 Å². The Morgan fingerprint density at radius 1 is 0.875 bits per heavy atom. The molecular weight excluding hydrogens is 430 g/mol. The summed E-state index contributed by atoms with van der Waals surface area (Å²) in [5.41, 5.74) is 3.24. The Morgan fingerprint density at radius 2 is 1.44 bits per heavy atom. The lowest BCUT2D eigenvalue weighted by molar-refractivity contribution is -0.121. The fourth-order valence-electron chi connectivity index (χ4n) is 3.00. The molecule has 0 aliphatic rings. The third-order valence-electron chi connectivity index (χ3n) is 4.52. The Labute approximate surface area is 189 Å².